The van der Waals surface area contributed by atoms with Crippen molar-refractivity contribution in [1.29, 1.82) is 0 Å². The molecule has 2 aromatic carbocycles. The van der Waals surface area contributed by atoms with E-state index in [2.05, 4.69) is 66.7 Å². The third kappa shape index (κ3) is 3.81. The predicted molar refractivity (Wildman–Crippen MR) is 97.8 cm³/mol. The molecule has 2 nitrogen and oxygen atoms in total. The van der Waals surface area contributed by atoms with Gasteiger partial charge in [-0.3, -0.25) is 4.90 Å². The molecule has 1 fully saturated rings. The maximum absolute atomic E-state index is 3.31. The smallest absolute Gasteiger partial charge is 0.0320 e. The Morgan fingerprint density at radius 3 is 2.45 bits per heavy atom. The van der Waals surface area contributed by atoms with Gasteiger partial charge in [-0.15, -0.1) is 12.4 Å². The van der Waals surface area contributed by atoms with Crippen molar-refractivity contribution in [3.05, 3.63) is 48.0 Å². The fourth-order valence-corrected chi connectivity index (χ4v) is 3.51. The van der Waals surface area contributed by atoms with Crippen LogP contribution in [-0.2, 0) is 0 Å². The minimum atomic E-state index is 0. The highest BCUT2D eigenvalue weighted by Gasteiger charge is 2.23. The maximum atomic E-state index is 3.31. The molecule has 0 aromatic heterocycles. The Bertz CT molecular complexity index is 591. The molecule has 1 heterocycles. The van der Waals surface area contributed by atoms with Crippen LogP contribution in [0.25, 0.3) is 10.8 Å². The molecular weight excluding hydrogens is 292 g/mol. The first-order valence-electron chi connectivity index (χ1n) is 8.15. The highest BCUT2D eigenvalue weighted by molar-refractivity contribution is 5.85. The summed E-state index contributed by atoms with van der Waals surface area (Å²) in [5.41, 5.74) is 1.45. The zero-order chi connectivity index (χ0) is 14.7. The maximum Gasteiger partial charge on any atom is 0.0320 e. The average Bonchev–Trinajstić information content (AvgIpc) is 2.55. The Kier molecular flexibility index (Phi) is 6.25. The zero-order valence-corrected chi connectivity index (χ0v) is 14.4. The summed E-state index contributed by atoms with van der Waals surface area (Å²) in [6.45, 7) is 5.96. The molecule has 1 N–H and O–H groups in total. The third-order valence-corrected chi connectivity index (χ3v) is 4.95. The van der Waals surface area contributed by atoms with Gasteiger partial charge in [0.15, 0.2) is 0 Å². The van der Waals surface area contributed by atoms with Gasteiger partial charge in [0, 0.05) is 6.04 Å². The van der Waals surface area contributed by atoms with E-state index in [1.165, 1.54) is 42.3 Å². The Morgan fingerprint density at radius 1 is 1.09 bits per heavy atom. The summed E-state index contributed by atoms with van der Waals surface area (Å²) in [7, 11) is 2.06. The van der Waals surface area contributed by atoms with Gasteiger partial charge in [0.05, 0.1) is 0 Å². The molecule has 1 saturated heterocycles. The molecular formula is C19H27ClN2. The van der Waals surface area contributed by atoms with E-state index in [0.717, 1.165) is 12.5 Å². The molecule has 3 rings (SSSR count). The van der Waals surface area contributed by atoms with Crippen LogP contribution >= 0.6 is 12.4 Å². The number of fused-ring (bicyclic) bond motifs is 1. The fourth-order valence-electron chi connectivity index (χ4n) is 3.51. The second-order valence-electron chi connectivity index (χ2n) is 6.32. The van der Waals surface area contributed by atoms with E-state index in [0.29, 0.717) is 6.04 Å². The molecule has 120 valence electrons. The fraction of sp³-hybridized carbons (Fsp3) is 0.474. The molecule has 1 aliphatic rings. The third-order valence-electron chi connectivity index (χ3n) is 4.95. The van der Waals surface area contributed by atoms with E-state index in [1.54, 1.807) is 0 Å². The van der Waals surface area contributed by atoms with Gasteiger partial charge >= 0.3 is 0 Å². The monoisotopic (exact) mass is 318 g/mol. The number of nitrogens with zero attached hydrogens (tertiary/aromatic N) is 1. The average molecular weight is 319 g/mol. The van der Waals surface area contributed by atoms with Crippen LogP contribution in [0.4, 0.5) is 0 Å². The predicted octanol–water partition coefficient (Wildman–Crippen LogP) is 4.25. The molecule has 2 aromatic rings. The van der Waals surface area contributed by atoms with Gasteiger partial charge in [0.1, 0.15) is 0 Å². The number of halogens is 1. The second-order valence-corrected chi connectivity index (χ2v) is 6.32. The van der Waals surface area contributed by atoms with Crippen LogP contribution in [0.15, 0.2) is 42.5 Å². The van der Waals surface area contributed by atoms with E-state index < -0.39 is 0 Å². The number of piperidine rings is 1. The van der Waals surface area contributed by atoms with Crippen molar-refractivity contribution in [3.63, 3.8) is 0 Å². The lowest BCUT2D eigenvalue weighted by molar-refractivity contribution is 0.141. The van der Waals surface area contributed by atoms with Gasteiger partial charge in [0.25, 0.3) is 0 Å². The lowest BCUT2D eigenvalue weighted by atomic mass is 9.94. The van der Waals surface area contributed by atoms with Crippen LogP contribution in [0.5, 0.6) is 0 Å². The summed E-state index contributed by atoms with van der Waals surface area (Å²) in [4.78, 5) is 2.64. The summed E-state index contributed by atoms with van der Waals surface area (Å²) in [6, 6.07) is 16.1. The lowest BCUT2D eigenvalue weighted by Crippen LogP contribution is -2.38. The molecule has 22 heavy (non-hydrogen) atoms. The molecule has 1 aliphatic heterocycles. The molecule has 0 saturated carbocycles. The number of likely N-dealkylation sites (tertiary alicyclic amines) is 1. The van der Waals surface area contributed by atoms with Gasteiger partial charge in [-0.1, -0.05) is 36.4 Å². The quantitative estimate of drug-likeness (QED) is 0.906. The van der Waals surface area contributed by atoms with Crippen molar-refractivity contribution < 1.29 is 0 Å². The van der Waals surface area contributed by atoms with Crippen molar-refractivity contribution >= 4 is 23.2 Å². The second kappa shape index (κ2) is 7.96. The van der Waals surface area contributed by atoms with E-state index in [1.807, 2.05) is 0 Å². The van der Waals surface area contributed by atoms with Gasteiger partial charge in [-0.2, -0.15) is 0 Å². The van der Waals surface area contributed by atoms with Crippen LogP contribution < -0.4 is 5.32 Å². The van der Waals surface area contributed by atoms with Gasteiger partial charge < -0.3 is 5.32 Å². The van der Waals surface area contributed by atoms with Gasteiger partial charge in [0.2, 0.25) is 0 Å². The topological polar surface area (TPSA) is 15.3 Å². The molecule has 0 bridgehead atoms. The first kappa shape index (κ1) is 17.3. The normalized spacial score (nSPS) is 18.1. The van der Waals surface area contributed by atoms with Crippen LogP contribution in [0.3, 0.4) is 0 Å². The first-order chi connectivity index (χ1) is 10.3. The number of nitrogens with one attached hydrogen (secondary N) is 1. The molecule has 1 unspecified atom stereocenters. The highest BCUT2D eigenvalue weighted by Crippen LogP contribution is 2.28. The lowest BCUT2D eigenvalue weighted by Gasteiger charge is -2.36. The largest absolute Gasteiger partial charge is 0.319 e. The van der Waals surface area contributed by atoms with E-state index in [-0.39, 0.29) is 12.4 Å². The SMILES string of the molecule is CNCC1CCN(C(C)c2ccc3ccccc3c2)CC1.Cl. The molecule has 0 radical (unpaired) electrons. The summed E-state index contributed by atoms with van der Waals surface area (Å²) in [5.74, 6) is 0.857. The van der Waals surface area contributed by atoms with Crippen molar-refractivity contribution in [1.82, 2.24) is 10.2 Å². The molecule has 3 heteroatoms. The van der Waals surface area contributed by atoms with Crippen molar-refractivity contribution in [2.75, 3.05) is 26.7 Å². The van der Waals surface area contributed by atoms with Gasteiger partial charge in [-0.25, -0.2) is 0 Å². The Balaban J connectivity index is 0.00000176. The van der Waals surface area contributed by atoms with Crippen LogP contribution in [0.2, 0.25) is 0 Å². The minimum absolute atomic E-state index is 0. The molecule has 1 atom stereocenters. The number of hydrogen-bond acceptors (Lipinski definition) is 2. The van der Waals surface area contributed by atoms with E-state index in [9.17, 15) is 0 Å². The number of rotatable bonds is 4. The van der Waals surface area contributed by atoms with Crippen LogP contribution in [0, 0.1) is 5.92 Å². The van der Waals surface area contributed by atoms with Crippen molar-refractivity contribution in [2.24, 2.45) is 5.92 Å². The van der Waals surface area contributed by atoms with E-state index in [4.69, 9.17) is 0 Å². The first-order valence-corrected chi connectivity index (χ1v) is 8.15. The Hall–Kier alpha value is -1.09. The molecule has 0 spiro atoms. The summed E-state index contributed by atoms with van der Waals surface area (Å²) < 4.78 is 0. The Morgan fingerprint density at radius 2 is 1.77 bits per heavy atom. The van der Waals surface area contributed by atoms with Crippen molar-refractivity contribution in [3.8, 4) is 0 Å². The zero-order valence-electron chi connectivity index (χ0n) is 13.6. The number of hydrogen-bond donors (Lipinski definition) is 1. The van der Waals surface area contributed by atoms with Crippen LogP contribution in [-0.4, -0.2) is 31.6 Å². The summed E-state index contributed by atoms with van der Waals surface area (Å²) in [6.07, 6.45) is 2.64. The highest BCUT2D eigenvalue weighted by atomic mass is 35.5. The molecule has 0 aliphatic carbocycles. The standard InChI is InChI=1S/C19H26N2.ClH/c1-15(21-11-9-16(10-12-21)14-20-2)18-8-7-17-5-3-4-6-19(17)13-18;/h3-8,13,15-16,20H,9-12,14H2,1-2H3;1H. The number of benzene rings is 2. The van der Waals surface area contributed by atoms with Crippen molar-refractivity contribution in [2.45, 2.75) is 25.8 Å². The van der Waals surface area contributed by atoms with Gasteiger partial charge in [-0.05, 0) is 74.8 Å². The summed E-state index contributed by atoms with van der Waals surface area (Å²) in [5, 5.41) is 6.00. The minimum Gasteiger partial charge on any atom is -0.319 e. The van der Waals surface area contributed by atoms with E-state index >= 15 is 0 Å². The Labute approximate surface area is 140 Å². The summed E-state index contributed by atoms with van der Waals surface area (Å²) >= 11 is 0. The van der Waals surface area contributed by atoms with Crippen LogP contribution in [0.1, 0.15) is 31.4 Å². The molecule has 0 amide bonds.